The minimum absolute atomic E-state index is 0.0909. The first-order chi connectivity index (χ1) is 8.80. The van der Waals surface area contributed by atoms with Crippen molar-refractivity contribution in [1.82, 2.24) is 10.5 Å². The van der Waals surface area contributed by atoms with Crippen LogP contribution in [0.1, 0.15) is 18.0 Å². The number of hydrogen-bond acceptors (Lipinski definition) is 4. The molecule has 1 aliphatic heterocycles. The van der Waals surface area contributed by atoms with Crippen LogP contribution in [-0.2, 0) is 9.63 Å². The van der Waals surface area contributed by atoms with E-state index in [1.54, 1.807) is 6.20 Å². The number of halogens is 4. The highest BCUT2D eigenvalue weighted by molar-refractivity contribution is 5.73. The van der Waals surface area contributed by atoms with Crippen molar-refractivity contribution in [2.24, 2.45) is 0 Å². The minimum atomic E-state index is -5.08. The first kappa shape index (κ1) is 15.3. The lowest BCUT2D eigenvalue weighted by molar-refractivity contribution is -0.192. The van der Waals surface area contributed by atoms with E-state index >= 15 is 0 Å². The number of pyridine rings is 1. The third kappa shape index (κ3) is 5.18. The second-order valence-electron chi connectivity index (χ2n) is 3.55. The Balaban J connectivity index is 0.000000224. The summed E-state index contributed by atoms with van der Waals surface area (Å²) in [7, 11) is 0. The Labute approximate surface area is 105 Å². The molecule has 0 aliphatic carbocycles. The Hall–Kier alpha value is -1.74. The molecule has 5 nitrogen and oxygen atoms in total. The van der Waals surface area contributed by atoms with Gasteiger partial charge in [-0.05, 0) is 18.1 Å². The summed E-state index contributed by atoms with van der Waals surface area (Å²) in [4.78, 5) is 17.6. The highest BCUT2D eigenvalue weighted by atomic mass is 19.4. The van der Waals surface area contributed by atoms with E-state index in [9.17, 15) is 17.6 Å². The number of rotatable bonds is 1. The van der Waals surface area contributed by atoms with Crippen molar-refractivity contribution in [1.29, 1.82) is 0 Å². The number of carboxylic acid groups (broad SMARTS) is 1. The Morgan fingerprint density at radius 3 is 2.53 bits per heavy atom. The number of aliphatic carboxylic acids is 1. The summed E-state index contributed by atoms with van der Waals surface area (Å²) in [5.74, 6) is -3.06. The minimum Gasteiger partial charge on any atom is -0.475 e. The zero-order valence-electron chi connectivity index (χ0n) is 9.45. The first-order valence-electron chi connectivity index (χ1n) is 5.08. The second kappa shape index (κ2) is 6.43. The molecule has 0 saturated carbocycles. The molecule has 2 rings (SSSR count). The Bertz CT molecular complexity index is 433. The van der Waals surface area contributed by atoms with Crippen molar-refractivity contribution in [2.45, 2.75) is 18.6 Å². The fourth-order valence-corrected chi connectivity index (χ4v) is 1.25. The Morgan fingerprint density at radius 1 is 1.47 bits per heavy atom. The number of alkyl halides is 3. The van der Waals surface area contributed by atoms with E-state index in [1.165, 1.54) is 12.3 Å². The molecular formula is C10H10F4N2O3. The molecule has 1 fully saturated rings. The average molecular weight is 282 g/mol. The van der Waals surface area contributed by atoms with Gasteiger partial charge >= 0.3 is 12.1 Å². The molecule has 0 amide bonds. The monoisotopic (exact) mass is 282 g/mol. The number of nitrogens with one attached hydrogen (secondary N) is 1. The van der Waals surface area contributed by atoms with Gasteiger partial charge in [-0.2, -0.15) is 18.7 Å². The van der Waals surface area contributed by atoms with Gasteiger partial charge in [-0.15, -0.1) is 0 Å². The van der Waals surface area contributed by atoms with Gasteiger partial charge in [0.25, 0.3) is 0 Å². The molecule has 1 saturated heterocycles. The number of nitrogens with zero attached hydrogens (tertiary/aromatic N) is 1. The topological polar surface area (TPSA) is 71.5 Å². The molecule has 0 radical (unpaired) electrons. The molecule has 9 heteroatoms. The summed E-state index contributed by atoms with van der Waals surface area (Å²) in [6.07, 6.45) is -1.38. The maximum Gasteiger partial charge on any atom is 0.490 e. The number of hydroxylamine groups is 1. The van der Waals surface area contributed by atoms with Gasteiger partial charge in [0.05, 0.1) is 18.8 Å². The van der Waals surface area contributed by atoms with E-state index in [0.717, 1.165) is 12.0 Å². The molecule has 19 heavy (non-hydrogen) atoms. The quantitative estimate of drug-likeness (QED) is 0.769. The number of carbonyl (C=O) groups is 1. The molecule has 1 unspecified atom stereocenters. The van der Waals surface area contributed by atoms with Crippen molar-refractivity contribution in [3.8, 4) is 0 Å². The summed E-state index contributed by atoms with van der Waals surface area (Å²) in [5, 5.41) is 7.12. The second-order valence-corrected chi connectivity index (χ2v) is 3.55. The van der Waals surface area contributed by atoms with Crippen LogP contribution in [0.4, 0.5) is 17.6 Å². The van der Waals surface area contributed by atoms with Gasteiger partial charge in [-0.1, -0.05) is 0 Å². The fraction of sp³-hybridized carbons (Fsp3) is 0.400. The van der Waals surface area contributed by atoms with E-state index in [-0.39, 0.29) is 11.9 Å². The SMILES string of the molecule is Fc1cncc(C2CCON2)c1.O=C(O)C(F)(F)F. The van der Waals surface area contributed by atoms with Crippen LogP contribution in [0.25, 0.3) is 0 Å². The van der Waals surface area contributed by atoms with Crippen LogP contribution in [0.15, 0.2) is 18.5 Å². The van der Waals surface area contributed by atoms with Gasteiger partial charge in [0, 0.05) is 6.20 Å². The van der Waals surface area contributed by atoms with Crippen LogP contribution < -0.4 is 5.48 Å². The Morgan fingerprint density at radius 2 is 2.11 bits per heavy atom. The van der Waals surface area contributed by atoms with E-state index in [0.29, 0.717) is 6.61 Å². The van der Waals surface area contributed by atoms with Gasteiger partial charge < -0.3 is 9.94 Å². The molecule has 0 spiro atoms. The largest absolute Gasteiger partial charge is 0.490 e. The summed E-state index contributed by atoms with van der Waals surface area (Å²) >= 11 is 0. The molecule has 2 heterocycles. The maximum atomic E-state index is 12.7. The molecule has 1 aromatic heterocycles. The zero-order valence-corrected chi connectivity index (χ0v) is 9.45. The maximum absolute atomic E-state index is 12.7. The smallest absolute Gasteiger partial charge is 0.475 e. The predicted molar refractivity (Wildman–Crippen MR) is 54.3 cm³/mol. The van der Waals surface area contributed by atoms with Gasteiger partial charge in [0.2, 0.25) is 0 Å². The van der Waals surface area contributed by atoms with Crippen LogP contribution in [0.2, 0.25) is 0 Å². The van der Waals surface area contributed by atoms with Crippen LogP contribution in [0.3, 0.4) is 0 Å². The van der Waals surface area contributed by atoms with E-state index < -0.39 is 12.1 Å². The van der Waals surface area contributed by atoms with Crippen LogP contribution in [-0.4, -0.2) is 28.8 Å². The van der Waals surface area contributed by atoms with E-state index in [4.69, 9.17) is 14.7 Å². The lowest BCUT2D eigenvalue weighted by Crippen LogP contribution is -2.21. The van der Waals surface area contributed by atoms with Crippen LogP contribution in [0.5, 0.6) is 0 Å². The fourth-order valence-electron chi connectivity index (χ4n) is 1.25. The average Bonchev–Trinajstić information content (AvgIpc) is 2.81. The van der Waals surface area contributed by atoms with Crippen LogP contribution in [0, 0.1) is 5.82 Å². The van der Waals surface area contributed by atoms with Crippen molar-refractivity contribution in [3.05, 3.63) is 29.8 Å². The van der Waals surface area contributed by atoms with Gasteiger partial charge in [-0.25, -0.2) is 9.18 Å². The third-order valence-corrected chi connectivity index (χ3v) is 2.11. The van der Waals surface area contributed by atoms with Crippen molar-refractivity contribution in [2.75, 3.05) is 6.61 Å². The van der Waals surface area contributed by atoms with Gasteiger partial charge in [0.1, 0.15) is 5.82 Å². The van der Waals surface area contributed by atoms with E-state index in [1.807, 2.05) is 0 Å². The predicted octanol–water partition coefficient (Wildman–Crippen LogP) is 1.82. The standard InChI is InChI=1S/C8H9FN2O.C2HF3O2/c9-7-3-6(4-10-5-7)8-1-2-12-11-8;3-2(4,5)1(6)7/h3-5,8,11H,1-2H2;(H,6,7). The van der Waals surface area contributed by atoms with Crippen molar-refractivity contribution < 1.29 is 32.3 Å². The van der Waals surface area contributed by atoms with Crippen LogP contribution >= 0.6 is 0 Å². The lowest BCUT2D eigenvalue weighted by atomic mass is 10.1. The lowest BCUT2D eigenvalue weighted by Gasteiger charge is -2.06. The molecule has 0 bridgehead atoms. The highest BCUT2D eigenvalue weighted by Gasteiger charge is 2.38. The number of hydrogen-bond donors (Lipinski definition) is 2. The molecule has 2 N–H and O–H groups in total. The summed E-state index contributed by atoms with van der Waals surface area (Å²) in [6, 6.07) is 1.56. The highest BCUT2D eigenvalue weighted by Crippen LogP contribution is 2.20. The number of carboxylic acids is 1. The van der Waals surface area contributed by atoms with E-state index in [2.05, 4.69) is 10.5 Å². The molecule has 1 aromatic rings. The van der Waals surface area contributed by atoms with Crippen molar-refractivity contribution >= 4 is 5.97 Å². The van der Waals surface area contributed by atoms with Gasteiger partial charge in [0.15, 0.2) is 0 Å². The Kier molecular flexibility index (Phi) is 5.19. The van der Waals surface area contributed by atoms with Crippen molar-refractivity contribution in [3.63, 3.8) is 0 Å². The molecule has 106 valence electrons. The molecule has 1 atom stereocenters. The third-order valence-electron chi connectivity index (χ3n) is 2.11. The molecular weight excluding hydrogens is 272 g/mol. The summed E-state index contributed by atoms with van der Waals surface area (Å²) in [6.45, 7) is 0.668. The first-order valence-corrected chi connectivity index (χ1v) is 5.08. The zero-order chi connectivity index (χ0) is 14.5. The summed E-state index contributed by atoms with van der Waals surface area (Å²) < 4.78 is 44.4. The number of aromatic nitrogens is 1. The van der Waals surface area contributed by atoms with Gasteiger partial charge in [-0.3, -0.25) is 4.98 Å². The normalized spacial score (nSPS) is 18.6. The molecule has 0 aromatic carbocycles. The summed E-state index contributed by atoms with van der Waals surface area (Å²) in [5.41, 5.74) is 3.63. The molecule has 1 aliphatic rings.